The SMILES string of the molecule is CCCCC(=O)N(CCOC)CC(=O)N(CCc1ccccc1)Cc1ccco1. The van der Waals surface area contributed by atoms with E-state index in [1.807, 2.05) is 37.3 Å². The molecule has 6 heteroatoms. The van der Waals surface area contributed by atoms with E-state index < -0.39 is 0 Å². The van der Waals surface area contributed by atoms with Crippen molar-refractivity contribution in [3.8, 4) is 0 Å². The molecular weight excluding hydrogens is 368 g/mol. The van der Waals surface area contributed by atoms with E-state index in [1.165, 1.54) is 5.56 Å². The van der Waals surface area contributed by atoms with Crippen molar-refractivity contribution in [1.29, 1.82) is 0 Å². The summed E-state index contributed by atoms with van der Waals surface area (Å²) in [4.78, 5) is 29.0. The van der Waals surface area contributed by atoms with E-state index in [0.717, 1.165) is 25.0 Å². The molecule has 0 unspecified atom stereocenters. The lowest BCUT2D eigenvalue weighted by molar-refractivity contribution is -0.141. The van der Waals surface area contributed by atoms with Crippen molar-refractivity contribution in [1.82, 2.24) is 9.80 Å². The van der Waals surface area contributed by atoms with Gasteiger partial charge in [-0.25, -0.2) is 0 Å². The lowest BCUT2D eigenvalue weighted by Gasteiger charge is -2.27. The van der Waals surface area contributed by atoms with E-state index in [1.54, 1.807) is 23.2 Å². The summed E-state index contributed by atoms with van der Waals surface area (Å²) in [6.07, 6.45) is 4.57. The molecule has 0 saturated heterocycles. The second kappa shape index (κ2) is 12.8. The molecule has 0 aliphatic carbocycles. The number of hydrogen-bond donors (Lipinski definition) is 0. The molecule has 2 rings (SSSR count). The molecule has 0 fully saturated rings. The van der Waals surface area contributed by atoms with Crippen molar-refractivity contribution in [3.05, 3.63) is 60.1 Å². The smallest absolute Gasteiger partial charge is 0.242 e. The number of ether oxygens (including phenoxy) is 1. The molecule has 0 aliphatic rings. The van der Waals surface area contributed by atoms with Crippen LogP contribution in [0.5, 0.6) is 0 Å². The first kappa shape index (κ1) is 22.7. The van der Waals surface area contributed by atoms with E-state index in [-0.39, 0.29) is 18.4 Å². The van der Waals surface area contributed by atoms with Gasteiger partial charge in [0, 0.05) is 26.6 Å². The number of furan rings is 1. The molecule has 0 bridgehead atoms. The first-order chi connectivity index (χ1) is 14.1. The topological polar surface area (TPSA) is 63.0 Å². The average molecular weight is 401 g/mol. The number of unbranched alkanes of at least 4 members (excludes halogenated alkanes) is 1. The first-order valence-electron chi connectivity index (χ1n) is 10.2. The highest BCUT2D eigenvalue weighted by molar-refractivity contribution is 5.84. The molecule has 158 valence electrons. The molecule has 0 aliphatic heterocycles. The lowest BCUT2D eigenvalue weighted by Crippen LogP contribution is -2.44. The van der Waals surface area contributed by atoms with Crippen molar-refractivity contribution >= 4 is 11.8 Å². The van der Waals surface area contributed by atoms with Gasteiger partial charge in [0.2, 0.25) is 11.8 Å². The average Bonchev–Trinajstić information content (AvgIpc) is 3.26. The molecule has 2 amide bonds. The third kappa shape index (κ3) is 8.11. The Hall–Kier alpha value is -2.60. The van der Waals surface area contributed by atoms with Gasteiger partial charge in [-0.1, -0.05) is 43.7 Å². The van der Waals surface area contributed by atoms with Crippen LogP contribution in [-0.4, -0.2) is 55.0 Å². The standard InChI is InChI=1S/C23H32N2O4/c1-3-4-12-22(26)25(15-17-28-2)19-23(27)24(18-21-11-8-16-29-21)14-13-20-9-6-5-7-10-20/h5-11,16H,3-4,12-15,17-19H2,1-2H3. The Morgan fingerprint density at radius 3 is 2.45 bits per heavy atom. The van der Waals surface area contributed by atoms with E-state index >= 15 is 0 Å². The number of rotatable bonds is 13. The quantitative estimate of drug-likeness (QED) is 0.516. The molecule has 0 spiro atoms. The molecule has 1 heterocycles. The molecule has 0 radical (unpaired) electrons. The van der Waals surface area contributed by atoms with Crippen molar-refractivity contribution in [2.24, 2.45) is 0 Å². The summed E-state index contributed by atoms with van der Waals surface area (Å²) in [7, 11) is 1.60. The number of benzene rings is 1. The molecule has 1 aromatic carbocycles. The van der Waals surface area contributed by atoms with Gasteiger partial charge in [-0.3, -0.25) is 9.59 Å². The van der Waals surface area contributed by atoms with Crippen LogP contribution >= 0.6 is 0 Å². The number of nitrogens with zero attached hydrogens (tertiary/aromatic N) is 2. The molecule has 0 saturated carbocycles. The fraction of sp³-hybridized carbons (Fsp3) is 0.478. The maximum Gasteiger partial charge on any atom is 0.242 e. The zero-order valence-electron chi connectivity index (χ0n) is 17.5. The van der Waals surface area contributed by atoms with Crippen LogP contribution in [0.1, 0.15) is 37.5 Å². The highest BCUT2D eigenvalue weighted by atomic mass is 16.5. The van der Waals surface area contributed by atoms with E-state index in [4.69, 9.17) is 9.15 Å². The van der Waals surface area contributed by atoms with Crippen LogP contribution in [0.25, 0.3) is 0 Å². The third-order valence-corrected chi connectivity index (χ3v) is 4.78. The Morgan fingerprint density at radius 2 is 1.79 bits per heavy atom. The van der Waals surface area contributed by atoms with Crippen LogP contribution in [0.2, 0.25) is 0 Å². The minimum absolute atomic E-state index is 0.00161. The fourth-order valence-corrected chi connectivity index (χ4v) is 3.03. The predicted octanol–water partition coefficient (Wildman–Crippen LogP) is 3.52. The minimum Gasteiger partial charge on any atom is -0.467 e. The Labute approximate surface area is 173 Å². The second-order valence-corrected chi connectivity index (χ2v) is 7.04. The molecule has 0 atom stereocenters. The molecule has 2 aromatic rings. The lowest BCUT2D eigenvalue weighted by atomic mass is 10.1. The summed E-state index contributed by atoms with van der Waals surface area (Å²) in [5.41, 5.74) is 1.17. The highest BCUT2D eigenvalue weighted by Crippen LogP contribution is 2.10. The zero-order valence-corrected chi connectivity index (χ0v) is 17.5. The molecular formula is C23H32N2O4. The van der Waals surface area contributed by atoms with Gasteiger partial charge >= 0.3 is 0 Å². The number of carbonyl (C=O) groups excluding carboxylic acids is 2. The van der Waals surface area contributed by atoms with Gasteiger partial charge < -0.3 is 19.0 Å². The van der Waals surface area contributed by atoms with Crippen LogP contribution in [0.4, 0.5) is 0 Å². The van der Waals surface area contributed by atoms with Gasteiger partial charge in [0.25, 0.3) is 0 Å². The summed E-state index contributed by atoms with van der Waals surface area (Å²) < 4.78 is 10.6. The summed E-state index contributed by atoms with van der Waals surface area (Å²) >= 11 is 0. The third-order valence-electron chi connectivity index (χ3n) is 4.78. The Balaban J connectivity index is 2.05. The van der Waals surface area contributed by atoms with Crippen LogP contribution in [0.3, 0.4) is 0 Å². The highest BCUT2D eigenvalue weighted by Gasteiger charge is 2.21. The minimum atomic E-state index is -0.0849. The molecule has 29 heavy (non-hydrogen) atoms. The predicted molar refractivity (Wildman–Crippen MR) is 112 cm³/mol. The van der Waals surface area contributed by atoms with E-state index in [2.05, 4.69) is 12.1 Å². The van der Waals surface area contributed by atoms with Gasteiger partial charge in [-0.2, -0.15) is 0 Å². The summed E-state index contributed by atoms with van der Waals surface area (Å²) in [5, 5.41) is 0. The van der Waals surface area contributed by atoms with Crippen LogP contribution in [0, 0.1) is 0 Å². The van der Waals surface area contributed by atoms with Gasteiger partial charge in [0.1, 0.15) is 5.76 Å². The van der Waals surface area contributed by atoms with Gasteiger partial charge in [0.15, 0.2) is 0 Å². The summed E-state index contributed by atoms with van der Waals surface area (Å²) in [6, 6.07) is 13.7. The summed E-state index contributed by atoms with van der Waals surface area (Å²) in [5.74, 6) is 0.642. The van der Waals surface area contributed by atoms with Crippen LogP contribution < -0.4 is 0 Å². The Bertz CT molecular complexity index is 716. The first-order valence-corrected chi connectivity index (χ1v) is 10.2. The van der Waals surface area contributed by atoms with Gasteiger partial charge in [0.05, 0.1) is 26.0 Å². The van der Waals surface area contributed by atoms with Gasteiger partial charge in [-0.15, -0.1) is 0 Å². The number of carbonyl (C=O) groups is 2. The largest absolute Gasteiger partial charge is 0.467 e. The maximum absolute atomic E-state index is 13.1. The van der Waals surface area contributed by atoms with E-state index in [0.29, 0.717) is 32.7 Å². The molecule has 1 aromatic heterocycles. The second-order valence-electron chi connectivity index (χ2n) is 7.04. The maximum atomic E-state index is 13.1. The van der Waals surface area contributed by atoms with Crippen molar-refractivity contribution < 1.29 is 18.7 Å². The fourth-order valence-electron chi connectivity index (χ4n) is 3.03. The summed E-state index contributed by atoms with van der Waals surface area (Å²) in [6.45, 7) is 3.88. The van der Waals surface area contributed by atoms with E-state index in [9.17, 15) is 9.59 Å². The van der Waals surface area contributed by atoms with Crippen LogP contribution in [0.15, 0.2) is 53.1 Å². The van der Waals surface area contributed by atoms with Crippen molar-refractivity contribution in [2.75, 3.05) is 33.4 Å². The zero-order chi connectivity index (χ0) is 20.9. The molecule has 0 N–H and O–H groups in total. The Morgan fingerprint density at radius 1 is 1.00 bits per heavy atom. The van der Waals surface area contributed by atoms with Crippen molar-refractivity contribution in [3.63, 3.8) is 0 Å². The molecule has 6 nitrogen and oxygen atoms in total. The number of hydrogen-bond acceptors (Lipinski definition) is 4. The normalized spacial score (nSPS) is 10.7. The monoisotopic (exact) mass is 400 g/mol. The van der Waals surface area contributed by atoms with Crippen molar-refractivity contribution in [2.45, 2.75) is 39.2 Å². The number of amides is 2. The number of methoxy groups -OCH3 is 1. The van der Waals surface area contributed by atoms with Gasteiger partial charge in [-0.05, 0) is 30.5 Å². The Kier molecular flexibility index (Phi) is 10.00. The van der Waals surface area contributed by atoms with Crippen LogP contribution in [-0.2, 0) is 27.3 Å².